The van der Waals surface area contributed by atoms with Gasteiger partial charge in [0.15, 0.2) is 0 Å². The van der Waals surface area contributed by atoms with E-state index in [1.54, 1.807) is 18.2 Å². The Bertz CT molecular complexity index is 421. The standard InChI is InChI=1S/C13H19BrN2O2/c1-9(2)6-16(8-13(15)18)7-10-5-11(17)3-4-12(10)14/h3-5,9,17H,6-8H2,1-2H3,(H2,15,18). The summed E-state index contributed by atoms with van der Waals surface area (Å²) >= 11 is 3.44. The Kier molecular flexibility index (Phi) is 5.62. The van der Waals surface area contributed by atoms with Crippen molar-refractivity contribution in [2.75, 3.05) is 13.1 Å². The van der Waals surface area contributed by atoms with Crippen LogP contribution in [0, 0.1) is 5.92 Å². The van der Waals surface area contributed by atoms with Gasteiger partial charge in [0.25, 0.3) is 0 Å². The number of carbonyl (C=O) groups excluding carboxylic acids is 1. The summed E-state index contributed by atoms with van der Waals surface area (Å²) in [5.74, 6) is 0.323. The highest BCUT2D eigenvalue weighted by Crippen LogP contribution is 2.23. The lowest BCUT2D eigenvalue weighted by atomic mass is 10.1. The Labute approximate surface area is 116 Å². The minimum atomic E-state index is -0.341. The number of rotatable bonds is 6. The molecule has 0 aliphatic carbocycles. The molecule has 1 aromatic carbocycles. The van der Waals surface area contributed by atoms with Crippen LogP contribution in [0.5, 0.6) is 5.75 Å². The van der Waals surface area contributed by atoms with E-state index in [4.69, 9.17) is 5.73 Å². The number of halogens is 1. The molecule has 18 heavy (non-hydrogen) atoms. The van der Waals surface area contributed by atoms with Crippen LogP contribution < -0.4 is 5.73 Å². The number of phenols is 1. The third-order valence-electron chi connectivity index (χ3n) is 2.43. The Morgan fingerprint density at radius 1 is 1.50 bits per heavy atom. The van der Waals surface area contributed by atoms with Crippen LogP contribution in [0.4, 0.5) is 0 Å². The summed E-state index contributed by atoms with van der Waals surface area (Å²) in [4.78, 5) is 13.0. The van der Waals surface area contributed by atoms with Crippen LogP contribution in [0.25, 0.3) is 0 Å². The summed E-state index contributed by atoms with van der Waals surface area (Å²) in [7, 11) is 0. The zero-order valence-corrected chi connectivity index (χ0v) is 12.3. The summed E-state index contributed by atoms with van der Waals surface area (Å²) in [6, 6.07) is 5.11. The van der Waals surface area contributed by atoms with Crippen molar-refractivity contribution in [1.29, 1.82) is 0 Å². The van der Waals surface area contributed by atoms with E-state index in [0.717, 1.165) is 16.6 Å². The maximum Gasteiger partial charge on any atom is 0.231 e. The van der Waals surface area contributed by atoms with E-state index in [0.29, 0.717) is 12.5 Å². The smallest absolute Gasteiger partial charge is 0.231 e. The second kappa shape index (κ2) is 6.75. The molecular weight excluding hydrogens is 296 g/mol. The second-order valence-electron chi connectivity index (χ2n) is 4.81. The van der Waals surface area contributed by atoms with Crippen LogP contribution in [0.1, 0.15) is 19.4 Å². The van der Waals surface area contributed by atoms with Gasteiger partial charge in [-0.25, -0.2) is 0 Å². The van der Waals surface area contributed by atoms with Gasteiger partial charge in [-0.05, 0) is 29.7 Å². The van der Waals surface area contributed by atoms with Crippen LogP contribution in [-0.4, -0.2) is 29.0 Å². The zero-order valence-electron chi connectivity index (χ0n) is 10.7. The molecule has 0 heterocycles. The summed E-state index contributed by atoms with van der Waals surface area (Å²) in [5, 5.41) is 9.48. The molecule has 0 unspecified atom stereocenters. The number of benzene rings is 1. The quantitative estimate of drug-likeness (QED) is 0.845. The van der Waals surface area contributed by atoms with Crippen LogP contribution >= 0.6 is 15.9 Å². The van der Waals surface area contributed by atoms with Crippen molar-refractivity contribution in [1.82, 2.24) is 4.90 Å². The van der Waals surface area contributed by atoms with Crippen LogP contribution in [-0.2, 0) is 11.3 Å². The minimum absolute atomic E-state index is 0.219. The molecule has 0 aliphatic rings. The molecule has 1 amide bonds. The van der Waals surface area contributed by atoms with E-state index in [1.807, 2.05) is 4.90 Å². The molecule has 0 fully saturated rings. The minimum Gasteiger partial charge on any atom is -0.508 e. The van der Waals surface area contributed by atoms with Gasteiger partial charge in [-0.15, -0.1) is 0 Å². The van der Waals surface area contributed by atoms with Crippen LogP contribution in [0.3, 0.4) is 0 Å². The lowest BCUT2D eigenvalue weighted by molar-refractivity contribution is -0.119. The van der Waals surface area contributed by atoms with Gasteiger partial charge < -0.3 is 10.8 Å². The van der Waals surface area contributed by atoms with Crippen molar-refractivity contribution in [2.24, 2.45) is 11.7 Å². The van der Waals surface area contributed by atoms with Gasteiger partial charge in [0.2, 0.25) is 5.91 Å². The Balaban J connectivity index is 2.81. The molecule has 4 nitrogen and oxygen atoms in total. The molecule has 1 aromatic rings. The lowest BCUT2D eigenvalue weighted by Gasteiger charge is -2.23. The summed E-state index contributed by atoms with van der Waals surface area (Å²) in [5.41, 5.74) is 6.19. The molecule has 0 atom stereocenters. The first-order valence-corrected chi connectivity index (χ1v) is 6.66. The first-order chi connectivity index (χ1) is 8.38. The van der Waals surface area contributed by atoms with E-state index in [-0.39, 0.29) is 18.2 Å². The maximum absolute atomic E-state index is 11.1. The molecule has 5 heteroatoms. The van der Waals surface area contributed by atoms with Crippen molar-refractivity contribution < 1.29 is 9.90 Å². The lowest BCUT2D eigenvalue weighted by Crippen LogP contribution is -2.35. The van der Waals surface area contributed by atoms with Crippen molar-refractivity contribution in [3.05, 3.63) is 28.2 Å². The van der Waals surface area contributed by atoms with E-state index in [9.17, 15) is 9.90 Å². The molecule has 0 aliphatic heterocycles. The van der Waals surface area contributed by atoms with Crippen molar-refractivity contribution in [2.45, 2.75) is 20.4 Å². The number of phenolic OH excluding ortho intramolecular Hbond substituents is 1. The molecule has 3 N–H and O–H groups in total. The Hall–Kier alpha value is -1.07. The Morgan fingerprint density at radius 2 is 2.17 bits per heavy atom. The van der Waals surface area contributed by atoms with Crippen molar-refractivity contribution in [3.8, 4) is 5.75 Å². The third-order valence-corrected chi connectivity index (χ3v) is 3.20. The van der Waals surface area contributed by atoms with Gasteiger partial charge in [-0.2, -0.15) is 0 Å². The predicted octanol–water partition coefficient (Wildman–Crippen LogP) is 2.10. The fourth-order valence-corrected chi connectivity index (χ4v) is 2.22. The van der Waals surface area contributed by atoms with E-state index in [1.165, 1.54) is 0 Å². The number of aromatic hydroxyl groups is 1. The largest absolute Gasteiger partial charge is 0.508 e. The van der Waals surface area contributed by atoms with Crippen LogP contribution in [0.15, 0.2) is 22.7 Å². The van der Waals surface area contributed by atoms with Crippen molar-refractivity contribution >= 4 is 21.8 Å². The summed E-state index contributed by atoms with van der Waals surface area (Å²) in [6.07, 6.45) is 0. The number of amides is 1. The van der Waals surface area contributed by atoms with Crippen LogP contribution in [0.2, 0.25) is 0 Å². The number of carbonyl (C=O) groups is 1. The number of primary amides is 1. The average Bonchev–Trinajstić information content (AvgIpc) is 2.21. The SMILES string of the molecule is CC(C)CN(CC(N)=O)Cc1cc(O)ccc1Br. The number of nitrogens with two attached hydrogens (primary N) is 1. The van der Waals surface area contributed by atoms with Gasteiger partial charge >= 0.3 is 0 Å². The highest BCUT2D eigenvalue weighted by Gasteiger charge is 2.13. The van der Waals surface area contributed by atoms with E-state index < -0.39 is 0 Å². The average molecular weight is 315 g/mol. The molecule has 0 saturated carbocycles. The second-order valence-corrected chi connectivity index (χ2v) is 5.66. The van der Waals surface area contributed by atoms with Gasteiger partial charge in [-0.1, -0.05) is 29.8 Å². The maximum atomic E-state index is 11.1. The zero-order chi connectivity index (χ0) is 13.7. The molecule has 0 bridgehead atoms. The molecule has 0 spiro atoms. The topological polar surface area (TPSA) is 66.6 Å². The summed E-state index contributed by atoms with van der Waals surface area (Å²) < 4.78 is 0.915. The number of nitrogens with zero attached hydrogens (tertiary/aromatic N) is 1. The molecule has 100 valence electrons. The molecule has 0 radical (unpaired) electrons. The first-order valence-electron chi connectivity index (χ1n) is 5.86. The fourth-order valence-electron chi connectivity index (χ4n) is 1.85. The van der Waals surface area contributed by atoms with Gasteiger partial charge in [0.1, 0.15) is 5.75 Å². The monoisotopic (exact) mass is 314 g/mol. The van der Waals surface area contributed by atoms with Crippen molar-refractivity contribution in [3.63, 3.8) is 0 Å². The predicted molar refractivity (Wildman–Crippen MR) is 75.1 cm³/mol. The molecule has 0 aromatic heterocycles. The molecular formula is C13H19BrN2O2. The third kappa shape index (κ3) is 5.06. The van der Waals surface area contributed by atoms with E-state index in [2.05, 4.69) is 29.8 Å². The highest BCUT2D eigenvalue weighted by molar-refractivity contribution is 9.10. The first kappa shape index (κ1) is 15.0. The molecule has 1 rings (SSSR count). The highest BCUT2D eigenvalue weighted by atomic mass is 79.9. The number of hydrogen-bond donors (Lipinski definition) is 2. The fraction of sp³-hybridized carbons (Fsp3) is 0.462. The van der Waals surface area contributed by atoms with E-state index >= 15 is 0 Å². The van der Waals surface area contributed by atoms with Gasteiger partial charge in [-0.3, -0.25) is 9.69 Å². The number of hydrogen-bond acceptors (Lipinski definition) is 3. The normalized spacial score (nSPS) is 11.2. The summed E-state index contributed by atoms with van der Waals surface area (Å²) in [6.45, 7) is 5.76. The van der Waals surface area contributed by atoms with Gasteiger partial charge in [0, 0.05) is 17.6 Å². The molecule has 0 saturated heterocycles. The van der Waals surface area contributed by atoms with Gasteiger partial charge in [0.05, 0.1) is 6.54 Å². The Morgan fingerprint density at radius 3 is 2.72 bits per heavy atom.